The van der Waals surface area contributed by atoms with Gasteiger partial charge in [-0.3, -0.25) is 9.59 Å². The molecule has 49 heavy (non-hydrogen) atoms. The monoisotopic (exact) mass is 733 g/mol. The molecule has 2 aromatic heterocycles. The van der Waals surface area contributed by atoms with Gasteiger partial charge in [0.25, 0.3) is 0 Å². The van der Waals surface area contributed by atoms with Gasteiger partial charge in [0.05, 0.1) is 41.5 Å². The lowest BCUT2D eigenvalue weighted by atomic mass is 9.90. The van der Waals surface area contributed by atoms with Gasteiger partial charge in [0, 0.05) is 23.0 Å². The zero-order valence-electron chi connectivity index (χ0n) is 30.0. The quantitative estimate of drug-likeness (QED) is 0.242. The minimum atomic E-state index is -3.54. The highest BCUT2D eigenvalue weighted by atomic mass is 32.2. The normalized spacial score (nSPS) is 16.9. The lowest BCUT2D eigenvalue weighted by Crippen LogP contribution is -2.46. The predicted octanol–water partition coefficient (Wildman–Crippen LogP) is 3.93. The number of rotatable bonds is 12. The van der Waals surface area contributed by atoms with Gasteiger partial charge in [-0.25, -0.2) is 16.8 Å². The largest absolute Gasteiger partial charge is 0.480 e. The maximum atomic E-state index is 12.8. The van der Waals surface area contributed by atoms with Crippen molar-refractivity contribution in [3.05, 3.63) is 29.3 Å². The van der Waals surface area contributed by atoms with Gasteiger partial charge in [-0.15, -0.1) is 0 Å². The van der Waals surface area contributed by atoms with Gasteiger partial charge >= 0.3 is 5.97 Å². The Morgan fingerprint density at radius 1 is 0.735 bits per heavy atom. The Kier molecular flexibility index (Phi) is 13.9. The number of nitrogen functional groups attached to an aromatic ring is 1. The van der Waals surface area contributed by atoms with Crippen LogP contribution in [0.5, 0.6) is 0 Å². The first-order chi connectivity index (χ1) is 22.4. The molecule has 14 nitrogen and oxygen atoms in total. The zero-order valence-corrected chi connectivity index (χ0v) is 31.6. The van der Waals surface area contributed by atoms with E-state index in [1.165, 1.54) is 27.7 Å². The van der Waals surface area contributed by atoms with E-state index in [0.717, 1.165) is 25.7 Å². The van der Waals surface area contributed by atoms with Crippen LogP contribution in [0.3, 0.4) is 0 Å². The molecule has 2 aliphatic rings. The molecule has 0 aromatic carbocycles. The van der Waals surface area contributed by atoms with E-state index in [1.807, 2.05) is 27.7 Å². The second-order valence-corrected chi connectivity index (χ2v) is 20.8. The van der Waals surface area contributed by atoms with Gasteiger partial charge in [-0.05, 0) is 53.4 Å². The van der Waals surface area contributed by atoms with Crippen molar-refractivity contribution in [3.63, 3.8) is 0 Å². The third-order valence-electron chi connectivity index (χ3n) is 9.69. The summed E-state index contributed by atoms with van der Waals surface area (Å²) in [5, 5.41) is 33.9. The van der Waals surface area contributed by atoms with Gasteiger partial charge < -0.3 is 30.1 Å². The molecule has 0 aliphatic heterocycles. The summed E-state index contributed by atoms with van der Waals surface area (Å²) in [5.41, 5.74) is 5.60. The van der Waals surface area contributed by atoms with Crippen molar-refractivity contribution in [2.45, 2.75) is 144 Å². The second kappa shape index (κ2) is 16.0. The summed E-state index contributed by atoms with van der Waals surface area (Å²) < 4.78 is 56.2. The van der Waals surface area contributed by atoms with Crippen molar-refractivity contribution in [2.75, 3.05) is 18.9 Å². The van der Waals surface area contributed by atoms with Gasteiger partial charge in [0.15, 0.2) is 30.2 Å². The van der Waals surface area contributed by atoms with Gasteiger partial charge in [-0.1, -0.05) is 63.7 Å². The Morgan fingerprint density at radius 3 is 1.49 bits per heavy atom. The van der Waals surface area contributed by atoms with Crippen LogP contribution in [0.2, 0.25) is 0 Å². The molecule has 0 radical (unpaired) electrons. The summed E-state index contributed by atoms with van der Waals surface area (Å²) in [6.07, 6.45) is 5.95. The van der Waals surface area contributed by atoms with Crippen LogP contribution in [0, 0.1) is 0 Å². The minimum Gasteiger partial charge on any atom is -0.480 e. The number of aromatic nitrogens is 2. The highest BCUT2D eigenvalue weighted by molar-refractivity contribution is 7.94. The number of nitrogens with two attached hydrogens (primary N) is 1. The molecular weight excluding hydrogens is 679 g/mol. The van der Waals surface area contributed by atoms with Crippen LogP contribution in [0.25, 0.3) is 0 Å². The number of aliphatic carboxylic acids is 1. The standard InChI is InChI=1S/C17H27NO5S.C9H16O4S.C7H12N2O2/c1-16(2,11-19)14-9-12(23-18-14)10-15(20)17(3,4)24(21,22)13-7-5-6-8-13;1-9(2,8(10)11)14(12,13)7-5-3-4-6-7;1-7(2,4-10)5-3-6(8)11-9-5/h9,13,19H,5-8,10-11H2,1-4H3;7H,3-6H2,1-2H3,(H,10,11);3,10H,4,8H2,1-2H3. The number of aliphatic hydroxyl groups excluding tert-OH is 2. The minimum absolute atomic E-state index is 0.0268. The molecule has 4 rings (SSSR count). The van der Waals surface area contributed by atoms with Gasteiger partial charge in [-0.2, -0.15) is 0 Å². The molecule has 2 aromatic rings. The molecule has 280 valence electrons. The lowest BCUT2D eigenvalue weighted by Gasteiger charge is -2.26. The summed E-state index contributed by atoms with van der Waals surface area (Å²) in [6, 6.07) is 3.24. The molecular formula is C33H55N3O11S2. The van der Waals surface area contributed by atoms with Crippen molar-refractivity contribution >= 4 is 37.3 Å². The fourth-order valence-corrected chi connectivity index (χ4v) is 9.58. The number of carbonyl (C=O) groups is 2. The van der Waals surface area contributed by atoms with E-state index >= 15 is 0 Å². The van der Waals surface area contributed by atoms with Crippen LogP contribution in [0.15, 0.2) is 21.2 Å². The maximum absolute atomic E-state index is 12.8. The molecule has 16 heteroatoms. The first-order valence-corrected chi connectivity index (χ1v) is 19.6. The zero-order chi connectivity index (χ0) is 37.6. The number of nitrogens with zero attached hydrogens (tertiary/aromatic N) is 2. The number of anilines is 1. The maximum Gasteiger partial charge on any atom is 0.324 e. The summed E-state index contributed by atoms with van der Waals surface area (Å²) >= 11 is 0. The molecule has 5 N–H and O–H groups in total. The molecule has 2 heterocycles. The number of carboxylic acids is 1. The Morgan fingerprint density at radius 2 is 1.12 bits per heavy atom. The highest BCUT2D eigenvalue weighted by Crippen LogP contribution is 2.34. The number of hydrogen-bond acceptors (Lipinski definition) is 13. The number of hydrogen-bond donors (Lipinski definition) is 4. The van der Waals surface area contributed by atoms with Crippen LogP contribution in [0.1, 0.15) is 124 Å². The average molecular weight is 734 g/mol. The number of sulfone groups is 2. The Labute approximate surface area is 290 Å². The number of carboxylic acid groups (broad SMARTS) is 1. The summed E-state index contributed by atoms with van der Waals surface area (Å²) in [4.78, 5) is 23.5. The molecule has 0 saturated heterocycles. The molecule has 0 unspecified atom stereocenters. The van der Waals surface area contributed by atoms with Gasteiger partial charge in [0.2, 0.25) is 5.88 Å². The van der Waals surface area contributed by atoms with Crippen LogP contribution in [0.4, 0.5) is 5.88 Å². The van der Waals surface area contributed by atoms with Crippen LogP contribution < -0.4 is 5.73 Å². The lowest BCUT2D eigenvalue weighted by molar-refractivity contribution is -0.139. The molecule has 2 saturated carbocycles. The van der Waals surface area contributed by atoms with Crippen LogP contribution in [-0.4, -0.2) is 87.4 Å². The average Bonchev–Trinajstić information content (AvgIpc) is 3.85. The van der Waals surface area contributed by atoms with E-state index in [4.69, 9.17) is 20.5 Å². The second-order valence-electron chi connectivity index (χ2n) is 15.2. The van der Waals surface area contributed by atoms with Crippen molar-refractivity contribution in [1.82, 2.24) is 10.3 Å². The first-order valence-electron chi connectivity index (χ1n) is 16.5. The summed E-state index contributed by atoms with van der Waals surface area (Å²) in [6.45, 7) is 12.8. The molecule has 0 atom stereocenters. The SMILES string of the molecule is CC(C)(C(=O)O)S(=O)(=O)C1CCCC1.CC(C)(CO)c1cc(CC(=O)C(C)(C)S(=O)(=O)C2CCCC2)on1.CC(C)(CO)c1cc(N)on1. The fraction of sp³-hybridized carbons (Fsp3) is 0.758. The van der Waals surface area contributed by atoms with Crippen molar-refractivity contribution in [1.29, 1.82) is 0 Å². The van der Waals surface area contributed by atoms with E-state index in [0.29, 0.717) is 42.8 Å². The summed E-state index contributed by atoms with van der Waals surface area (Å²) in [5.74, 6) is -1.05. The Bertz CT molecular complexity index is 1630. The van der Waals surface area contributed by atoms with E-state index in [-0.39, 0.29) is 36.7 Å². The topological polar surface area (TPSA) is 241 Å². The summed E-state index contributed by atoms with van der Waals surface area (Å²) in [7, 11) is -7.07. The van der Waals surface area contributed by atoms with Gasteiger partial charge in [0.1, 0.15) is 10.5 Å². The molecule has 2 aliphatic carbocycles. The number of aliphatic hydroxyl groups is 2. The van der Waals surface area contributed by atoms with Crippen molar-refractivity contribution < 1.29 is 50.8 Å². The van der Waals surface area contributed by atoms with Crippen molar-refractivity contribution in [2.24, 2.45) is 0 Å². The molecule has 0 amide bonds. The van der Waals surface area contributed by atoms with E-state index in [1.54, 1.807) is 12.1 Å². The number of ketones is 1. The number of carbonyl (C=O) groups excluding carboxylic acids is 1. The third-order valence-corrected chi connectivity index (χ3v) is 15.6. The van der Waals surface area contributed by atoms with Crippen LogP contribution >= 0.6 is 0 Å². The third kappa shape index (κ3) is 9.70. The Hall–Kier alpha value is -2.82. The van der Waals surface area contributed by atoms with Crippen molar-refractivity contribution in [3.8, 4) is 0 Å². The first kappa shape index (κ1) is 42.3. The molecule has 2 fully saturated rings. The number of Topliss-reactive ketones (excluding diaryl/α,β-unsaturated/α-hetero) is 1. The highest BCUT2D eigenvalue weighted by Gasteiger charge is 2.48. The van der Waals surface area contributed by atoms with E-state index in [9.17, 15) is 31.5 Å². The Balaban J connectivity index is 0.000000282. The molecule has 0 spiro atoms. The smallest absolute Gasteiger partial charge is 0.324 e. The molecule has 0 bridgehead atoms. The van der Waals surface area contributed by atoms with E-state index < -0.39 is 51.1 Å². The van der Waals surface area contributed by atoms with E-state index in [2.05, 4.69) is 14.8 Å². The fourth-order valence-electron chi connectivity index (χ4n) is 5.37. The predicted molar refractivity (Wildman–Crippen MR) is 184 cm³/mol. The van der Waals surface area contributed by atoms with Crippen LogP contribution in [-0.2, 0) is 46.5 Å².